The Hall–Kier alpha value is -3.30. The van der Waals surface area contributed by atoms with Crippen molar-refractivity contribution >= 4 is 23.7 Å². The van der Waals surface area contributed by atoms with Gasteiger partial charge in [-0.2, -0.15) is 0 Å². The maximum Gasteiger partial charge on any atom is 0.259 e. The number of hydrogen-bond donors (Lipinski definition) is 0. The summed E-state index contributed by atoms with van der Waals surface area (Å²) in [5, 5.41) is 0.655. The lowest BCUT2D eigenvalue weighted by molar-refractivity contribution is 0.108. The predicted molar refractivity (Wildman–Crippen MR) is 166 cm³/mol. The number of likely N-dealkylation sites (N-methyl/N-ethyl adjacent to an activating group) is 1. The molecule has 1 aliphatic heterocycles. The molecule has 0 radical (unpaired) electrons. The van der Waals surface area contributed by atoms with Crippen LogP contribution in [-0.4, -0.2) is 83.5 Å². The van der Waals surface area contributed by atoms with Crippen molar-refractivity contribution in [3.05, 3.63) is 81.7 Å². The monoisotopic (exact) mass is 577 g/mol. The van der Waals surface area contributed by atoms with Gasteiger partial charge >= 0.3 is 0 Å². The smallest absolute Gasteiger partial charge is 0.259 e. The molecule has 2 aromatic carbocycles. The third-order valence-corrected chi connectivity index (χ3v) is 7.64. The van der Waals surface area contributed by atoms with E-state index in [2.05, 4.69) is 28.3 Å². The van der Waals surface area contributed by atoms with Gasteiger partial charge in [-0.05, 0) is 31.2 Å². The fraction of sp³-hybridized carbons (Fsp3) is 0.406. The highest BCUT2D eigenvalue weighted by Crippen LogP contribution is 2.25. The number of imidazole rings is 1. The summed E-state index contributed by atoms with van der Waals surface area (Å²) in [6.07, 6.45) is 5.76. The normalized spacial score (nSPS) is 14.1. The molecule has 0 N–H and O–H groups in total. The summed E-state index contributed by atoms with van der Waals surface area (Å²) >= 11 is 6.01. The van der Waals surface area contributed by atoms with E-state index in [1.54, 1.807) is 35.9 Å². The van der Waals surface area contributed by atoms with E-state index < -0.39 is 0 Å². The molecule has 0 spiro atoms. The minimum absolute atomic E-state index is 0.140. The lowest BCUT2D eigenvalue weighted by atomic mass is 10.1. The molecular formula is C32H40ClN5O3. The summed E-state index contributed by atoms with van der Waals surface area (Å²) in [4.78, 5) is 33.5. The minimum atomic E-state index is -0.140. The second-order valence-corrected chi connectivity index (χ2v) is 10.8. The van der Waals surface area contributed by atoms with E-state index in [4.69, 9.17) is 21.3 Å². The number of unbranched alkanes of at least 4 members (excludes halogenated alkanes) is 2. The molecule has 41 heavy (non-hydrogen) atoms. The summed E-state index contributed by atoms with van der Waals surface area (Å²) in [7, 11) is 3.93. The van der Waals surface area contributed by atoms with Crippen LogP contribution in [0.15, 0.2) is 65.6 Å². The van der Waals surface area contributed by atoms with Crippen LogP contribution in [0, 0.1) is 0 Å². The van der Waals surface area contributed by atoms with Crippen LogP contribution >= 0.6 is 11.6 Å². The SMILES string of the molecule is CCCCCn1c(-c2ccc(C=O)cc2)cc(=O)n2cc(-c3ccc(Cl)cc3)nc12.COCCN1CCN(C)CC1. The fourth-order valence-corrected chi connectivity index (χ4v) is 4.98. The molecule has 5 rings (SSSR count). The lowest BCUT2D eigenvalue weighted by Gasteiger charge is -2.31. The predicted octanol–water partition coefficient (Wildman–Crippen LogP) is 5.37. The van der Waals surface area contributed by atoms with Gasteiger partial charge in [0.1, 0.15) is 6.29 Å². The number of hydrogen-bond acceptors (Lipinski definition) is 6. The minimum Gasteiger partial charge on any atom is -0.383 e. The molecule has 0 aliphatic carbocycles. The van der Waals surface area contributed by atoms with E-state index in [1.807, 2.05) is 36.4 Å². The summed E-state index contributed by atoms with van der Waals surface area (Å²) in [5.74, 6) is 0.609. The number of nitrogens with zero attached hydrogens (tertiary/aromatic N) is 5. The van der Waals surface area contributed by atoms with Gasteiger partial charge in [0.2, 0.25) is 5.78 Å². The molecule has 3 heterocycles. The Balaban J connectivity index is 0.000000296. The van der Waals surface area contributed by atoms with E-state index in [9.17, 15) is 9.59 Å². The van der Waals surface area contributed by atoms with Crippen molar-refractivity contribution in [2.75, 3.05) is 53.5 Å². The van der Waals surface area contributed by atoms with E-state index in [0.29, 0.717) is 16.4 Å². The van der Waals surface area contributed by atoms with Crippen LogP contribution in [0.4, 0.5) is 0 Å². The average molecular weight is 578 g/mol. The molecule has 0 saturated carbocycles. The van der Waals surface area contributed by atoms with Crippen LogP contribution in [0.5, 0.6) is 0 Å². The van der Waals surface area contributed by atoms with Crippen molar-refractivity contribution < 1.29 is 9.53 Å². The highest BCUT2D eigenvalue weighted by atomic mass is 35.5. The molecule has 4 aromatic rings. The van der Waals surface area contributed by atoms with Crippen molar-refractivity contribution in [3.8, 4) is 22.5 Å². The second kappa shape index (κ2) is 15.1. The fourth-order valence-electron chi connectivity index (χ4n) is 4.86. The Bertz CT molecular complexity index is 1450. The van der Waals surface area contributed by atoms with Gasteiger partial charge in [0.05, 0.1) is 18.0 Å². The van der Waals surface area contributed by atoms with Crippen molar-refractivity contribution in [1.29, 1.82) is 0 Å². The highest BCUT2D eigenvalue weighted by molar-refractivity contribution is 6.30. The molecule has 0 unspecified atom stereocenters. The van der Waals surface area contributed by atoms with E-state index in [0.717, 1.165) is 67.8 Å². The maximum atomic E-state index is 12.9. The van der Waals surface area contributed by atoms with Gasteiger partial charge in [0.25, 0.3) is 5.56 Å². The number of benzene rings is 2. The summed E-state index contributed by atoms with van der Waals surface area (Å²) in [6.45, 7) is 9.65. The van der Waals surface area contributed by atoms with Gasteiger partial charge in [0.15, 0.2) is 0 Å². The van der Waals surface area contributed by atoms with Crippen molar-refractivity contribution in [2.45, 2.75) is 32.7 Å². The number of aryl methyl sites for hydroxylation is 1. The molecule has 0 bridgehead atoms. The van der Waals surface area contributed by atoms with Gasteiger partial charge in [-0.1, -0.05) is 67.8 Å². The standard InChI is InChI=1S/C24H22ClN3O2.C8H18N2O/c1-2-3-4-13-27-22(19-7-5-17(16-29)6-8-19)14-23(30)28-15-21(26-24(27)28)18-9-11-20(25)12-10-18;1-9-3-5-10(6-4-9)7-8-11-2/h5-12,14-16H,2-4,13H2,1H3;3-8H2,1-2H3. The van der Waals surface area contributed by atoms with Crippen LogP contribution in [0.25, 0.3) is 28.3 Å². The van der Waals surface area contributed by atoms with Crippen LogP contribution in [-0.2, 0) is 11.3 Å². The van der Waals surface area contributed by atoms with Crippen LogP contribution < -0.4 is 5.56 Å². The van der Waals surface area contributed by atoms with Crippen molar-refractivity contribution in [3.63, 3.8) is 0 Å². The third kappa shape index (κ3) is 8.14. The molecule has 1 aliphatic rings. The zero-order chi connectivity index (χ0) is 29.2. The van der Waals surface area contributed by atoms with Gasteiger partial charge < -0.3 is 14.2 Å². The zero-order valence-corrected chi connectivity index (χ0v) is 25.0. The van der Waals surface area contributed by atoms with Crippen LogP contribution in [0.2, 0.25) is 5.02 Å². The lowest BCUT2D eigenvalue weighted by Crippen LogP contribution is -2.45. The first kappa shape index (κ1) is 30.7. The van der Waals surface area contributed by atoms with Gasteiger partial charge in [-0.3, -0.25) is 18.9 Å². The number of piperazine rings is 1. The first-order valence-electron chi connectivity index (χ1n) is 14.3. The van der Waals surface area contributed by atoms with E-state index >= 15 is 0 Å². The second-order valence-electron chi connectivity index (χ2n) is 10.4. The number of fused-ring (bicyclic) bond motifs is 1. The number of carbonyl (C=O) groups excluding carboxylic acids is 1. The summed E-state index contributed by atoms with van der Waals surface area (Å²) in [6, 6.07) is 16.3. The Labute approximate surface area is 247 Å². The third-order valence-electron chi connectivity index (χ3n) is 7.39. The first-order valence-corrected chi connectivity index (χ1v) is 14.7. The van der Waals surface area contributed by atoms with Crippen LogP contribution in [0.1, 0.15) is 36.5 Å². The Kier molecular flexibility index (Phi) is 11.3. The molecule has 8 nitrogen and oxygen atoms in total. The summed E-state index contributed by atoms with van der Waals surface area (Å²) < 4.78 is 8.70. The van der Waals surface area contributed by atoms with Crippen molar-refractivity contribution in [1.82, 2.24) is 23.8 Å². The number of methoxy groups -OCH3 is 1. The Morgan fingerprint density at radius 2 is 1.63 bits per heavy atom. The average Bonchev–Trinajstić information content (AvgIpc) is 3.45. The molecule has 2 aromatic heterocycles. The van der Waals surface area contributed by atoms with Gasteiger partial charge in [-0.25, -0.2) is 4.98 Å². The zero-order valence-electron chi connectivity index (χ0n) is 24.3. The number of halogens is 1. The molecule has 0 atom stereocenters. The Morgan fingerprint density at radius 3 is 2.27 bits per heavy atom. The van der Waals surface area contributed by atoms with Gasteiger partial charge in [0, 0.05) is 74.8 Å². The number of carbonyl (C=O) groups is 1. The first-order chi connectivity index (χ1) is 19.9. The largest absolute Gasteiger partial charge is 0.383 e. The van der Waals surface area contributed by atoms with Crippen molar-refractivity contribution in [2.24, 2.45) is 0 Å². The number of aromatic nitrogens is 3. The maximum absolute atomic E-state index is 12.9. The molecule has 218 valence electrons. The topological polar surface area (TPSA) is 72.1 Å². The van der Waals surface area contributed by atoms with Crippen LogP contribution in [0.3, 0.4) is 0 Å². The van der Waals surface area contributed by atoms with E-state index in [-0.39, 0.29) is 5.56 Å². The number of ether oxygens (including phenoxy) is 1. The molecule has 1 saturated heterocycles. The summed E-state index contributed by atoms with van der Waals surface area (Å²) in [5.41, 5.74) is 3.77. The van der Waals surface area contributed by atoms with E-state index in [1.165, 1.54) is 26.2 Å². The number of aldehydes is 1. The Morgan fingerprint density at radius 1 is 0.951 bits per heavy atom. The molecule has 1 fully saturated rings. The number of rotatable bonds is 10. The highest BCUT2D eigenvalue weighted by Gasteiger charge is 2.15. The molecule has 9 heteroatoms. The quantitative estimate of drug-likeness (QED) is 0.186. The molecular weight excluding hydrogens is 538 g/mol. The molecule has 0 amide bonds. The van der Waals surface area contributed by atoms with Gasteiger partial charge in [-0.15, -0.1) is 0 Å².